The molecule has 1 N–H and O–H groups in total. The zero-order chi connectivity index (χ0) is 15.0. The standard InChI is InChI=1S/C16H20N2O3/c1-10-7-11-8-12(21-2)3-5-14(11)18(9-10)16(20)13-4-6-15(19)17-13/h3,5,8,10,13H,4,6-7,9H2,1-2H3,(H,17,19). The molecule has 1 saturated heterocycles. The number of fused-ring (bicyclic) bond motifs is 1. The summed E-state index contributed by atoms with van der Waals surface area (Å²) < 4.78 is 5.26. The normalized spacial score (nSPS) is 24.5. The summed E-state index contributed by atoms with van der Waals surface area (Å²) >= 11 is 0. The Hall–Kier alpha value is -2.04. The van der Waals surface area contributed by atoms with E-state index in [0.717, 1.165) is 23.4 Å². The van der Waals surface area contributed by atoms with Crippen LogP contribution >= 0.6 is 0 Å². The van der Waals surface area contributed by atoms with Crippen LogP contribution in [0.5, 0.6) is 5.75 Å². The van der Waals surface area contributed by atoms with Crippen LogP contribution in [-0.2, 0) is 16.0 Å². The third kappa shape index (κ3) is 2.60. The van der Waals surface area contributed by atoms with Crippen LogP contribution < -0.4 is 15.0 Å². The van der Waals surface area contributed by atoms with E-state index in [-0.39, 0.29) is 17.9 Å². The van der Waals surface area contributed by atoms with Gasteiger partial charge in [-0.2, -0.15) is 0 Å². The van der Waals surface area contributed by atoms with Gasteiger partial charge in [-0.15, -0.1) is 0 Å². The first-order valence-corrected chi connectivity index (χ1v) is 7.36. The molecule has 1 fully saturated rings. The first-order valence-electron chi connectivity index (χ1n) is 7.36. The second-order valence-electron chi connectivity index (χ2n) is 5.91. The zero-order valence-corrected chi connectivity index (χ0v) is 12.4. The number of nitrogens with one attached hydrogen (secondary N) is 1. The van der Waals surface area contributed by atoms with E-state index in [1.54, 1.807) is 7.11 Å². The minimum atomic E-state index is -0.377. The van der Waals surface area contributed by atoms with E-state index in [0.29, 0.717) is 25.3 Å². The number of anilines is 1. The number of methoxy groups -OCH3 is 1. The molecule has 0 aromatic heterocycles. The van der Waals surface area contributed by atoms with Gasteiger partial charge in [0.1, 0.15) is 11.8 Å². The second kappa shape index (κ2) is 5.39. The molecule has 112 valence electrons. The van der Waals surface area contributed by atoms with Gasteiger partial charge in [0.15, 0.2) is 0 Å². The molecule has 0 aliphatic carbocycles. The number of hydrogen-bond acceptors (Lipinski definition) is 3. The summed E-state index contributed by atoms with van der Waals surface area (Å²) in [7, 11) is 1.64. The monoisotopic (exact) mass is 288 g/mol. The molecule has 0 bridgehead atoms. The Morgan fingerprint density at radius 3 is 2.90 bits per heavy atom. The first-order chi connectivity index (χ1) is 10.1. The van der Waals surface area contributed by atoms with Gasteiger partial charge >= 0.3 is 0 Å². The molecule has 0 spiro atoms. The number of carbonyl (C=O) groups excluding carboxylic acids is 2. The third-order valence-electron chi connectivity index (χ3n) is 4.20. The summed E-state index contributed by atoms with van der Waals surface area (Å²) in [5, 5.41) is 2.76. The Labute approximate surface area is 124 Å². The average molecular weight is 288 g/mol. The summed E-state index contributed by atoms with van der Waals surface area (Å²) in [4.78, 5) is 25.8. The fourth-order valence-electron chi connectivity index (χ4n) is 3.16. The van der Waals surface area contributed by atoms with Crippen molar-refractivity contribution in [1.29, 1.82) is 0 Å². The molecule has 0 saturated carbocycles. The molecule has 1 aromatic rings. The van der Waals surface area contributed by atoms with Crippen LogP contribution in [0, 0.1) is 5.92 Å². The largest absolute Gasteiger partial charge is 0.497 e. The smallest absolute Gasteiger partial charge is 0.249 e. The molecule has 0 radical (unpaired) electrons. The van der Waals surface area contributed by atoms with Gasteiger partial charge < -0.3 is 15.0 Å². The molecule has 2 atom stereocenters. The van der Waals surface area contributed by atoms with Crippen molar-refractivity contribution in [2.75, 3.05) is 18.6 Å². The van der Waals surface area contributed by atoms with Crippen molar-refractivity contribution in [3.05, 3.63) is 23.8 Å². The van der Waals surface area contributed by atoms with Crippen LogP contribution in [-0.4, -0.2) is 31.5 Å². The van der Waals surface area contributed by atoms with Gasteiger partial charge in [0.25, 0.3) is 0 Å². The Morgan fingerprint density at radius 1 is 1.43 bits per heavy atom. The number of carbonyl (C=O) groups is 2. The molecule has 5 heteroatoms. The van der Waals surface area contributed by atoms with Gasteiger partial charge in [0.05, 0.1) is 7.11 Å². The molecule has 5 nitrogen and oxygen atoms in total. The Kier molecular flexibility index (Phi) is 3.57. The molecule has 2 aliphatic rings. The summed E-state index contributed by atoms with van der Waals surface area (Å²) in [5.41, 5.74) is 2.07. The molecule has 2 unspecified atom stereocenters. The Bertz CT molecular complexity index is 585. The van der Waals surface area contributed by atoms with Crippen LogP contribution in [0.25, 0.3) is 0 Å². The van der Waals surface area contributed by atoms with Crippen molar-refractivity contribution in [2.24, 2.45) is 5.92 Å². The molecule has 3 rings (SSSR count). The highest BCUT2D eigenvalue weighted by molar-refractivity contribution is 6.01. The minimum Gasteiger partial charge on any atom is -0.497 e. The number of amides is 2. The van der Waals surface area contributed by atoms with Gasteiger partial charge in [0, 0.05) is 18.7 Å². The second-order valence-corrected chi connectivity index (χ2v) is 5.91. The SMILES string of the molecule is COc1ccc2c(c1)CC(C)CN2C(=O)C1CCC(=O)N1. The Morgan fingerprint density at radius 2 is 2.24 bits per heavy atom. The fourth-order valence-corrected chi connectivity index (χ4v) is 3.16. The van der Waals surface area contributed by atoms with Crippen LogP contribution in [0.2, 0.25) is 0 Å². The van der Waals surface area contributed by atoms with E-state index in [1.165, 1.54) is 0 Å². The lowest BCUT2D eigenvalue weighted by molar-refractivity contribution is -0.124. The lowest BCUT2D eigenvalue weighted by Crippen LogP contribution is -2.48. The van der Waals surface area contributed by atoms with E-state index in [9.17, 15) is 9.59 Å². The number of nitrogens with zero attached hydrogens (tertiary/aromatic N) is 1. The molecule has 2 heterocycles. The van der Waals surface area contributed by atoms with Gasteiger partial charge in [-0.05, 0) is 42.5 Å². The van der Waals surface area contributed by atoms with E-state index in [1.807, 2.05) is 23.1 Å². The highest BCUT2D eigenvalue weighted by atomic mass is 16.5. The quantitative estimate of drug-likeness (QED) is 0.897. The van der Waals surface area contributed by atoms with Gasteiger partial charge in [-0.1, -0.05) is 6.92 Å². The predicted molar refractivity (Wildman–Crippen MR) is 79.4 cm³/mol. The van der Waals surface area contributed by atoms with E-state index < -0.39 is 0 Å². The highest BCUT2D eigenvalue weighted by Crippen LogP contribution is 2.33. The van der Waals surface area contributed by atoms with Crippen LogP contribution in [0.3, 0.4) is 0 Å². The van der Waals surface area contributed by atoms with Gasteiger partial charge in [0.2, 0.25) is 11.8 Å². The van der Waals surface area contributed by atoms with E-state index >= 15 is 0 Å². The number of ether oxygens (including phenoxy) is 1. The van der Waals surface area contributed by atoms with Crippen molar-refractivity contribution >= 4 is 17.5 Å². The van der Waals surface area contributed by atoms with Crippen LogP contribution in [0.1, 0.15) is 25.3 Å². The van der Waals surface area contributed by atoms with Gasteiger partial charge in [-0.3, -0.25) is 9.59 Å². The van der Waals surface area contributed by atoms with Crippen molar-refractivity contribution < 1.29 is 14.3 Å². The zero-order valence-electron chi connectivity index (χ0n) is 12.4. The van der Waals surface area contributed by atoms with Crippen molar-refractivity contribution in [2.45, 2.75) is 32.2 Å². The average Bonchev–Trinajstić information content (AvgIpc) is 2.91. The maximum absolute atomic E-state index is 12.7. The number of rotatable bonds is 2. The molecule has 2 amide bonds. The lowest BCUT2D eigenvalue weighted by Gasteiger charge is -2.34. The maximum Gasteiger partial charge on any atom is 0.249 e. The molecule has 1 aromatic carbocycles. The van der Waals surface area contributed by atoms with E-state index in [2.05, 4.69) is 12.2 Å². The molecule has 21 heavy (non-hydrogen) atoms. The van der Waals surface area contributed by atoms with Crippen molar-refractivity contribution in [1.82, 2.24) is 5.32 Å². The van der Waals surface area contributed by atoms with Crippen molar-refractivity contribution in [3.63, 3.8) is 0 Å². The molecular weight excluding hydrogens is 268 g/mol. The third-order valence-corrected chi connectivity index (χ3v) is 4.20. The summed E-state index contributed by atoms with van der Waals surface area (Å²) in [6, 6.07) is 5.44. The van der Waals surface area contributed by atoms with E-state index in [4.69, 9.17) is 4.74 Å². The first kappa shape index (κ1) is 13.9. The highest BCUT2D eigenvalue weighted by Gasteiger charge is 2.34. The van der Waals surface area contributed by atoms with Crippen LogP contribution in [0.4, 0.5) is 5.69 Å². The minimum absolute atomic E-state index is 0.00110. The number of hydrogen-bond donors (Lipinski definition) is 1. The molecular formula is C16H20N2O3. The topological polar surface area (TPSA) is 58.6 Å². The van der Waals surface area contributed by atoms with Gasteiger partial charge in [-0.25, -0.2) is 0 Å². The van der Waals surface area contributed by atoms with Crippen molar-refractivity contribution in [3.8, 4) is 5.75 Å². The maximum atomic E-state index is 12.7. The lowest BCUT2D eigenvalue weighted by atomic mass is 9.93. The predicted octanol–water partition coefficient (Wildman–Crippen LogP) is 1.50. The Balaban J connectivity index is 1.90. The fraction of sp³-hybridized carbons (Fsp3) is 0.500. The summed E-state index contributed by atoms with van der Waals surface area (Å²) in [6.45, 7) is 2.83. The van der Waals surface area contributed by atoms with Crippen LogP contribution in [0.15, 0.2) is 18.2 Å². The molecule has 2 aliphatic heterocycles. The summed E-state index contributed by atoms with van der Waals surface area (Å²) in [6.07, 6.45) is 1.97. The number of benzene rings is 1. The summed E-state index contributed by atoms with van der Waals surface area (Å²) in [5.74, 6) is 1.17.